The van der Waals surface area contributed by atoms with Gasteiger partial charge >= 0.3 is 0 Å². The van der Waals surface area contributed by atoms with Crippen molar-refractivity contribution in [2.24, 2.45) is 5.92 Å². The fourth-order valence-electron chi connectivity index (χ4n) is 3.11. The van der Waals surface area contributed by atoms with Crippen LogP contribution in [0.3, 0.4) is 0 Å². The second-order valence-electron chi connectivity index (χ2n) is 5.47. The molecule has 1 aromatic carbocycles. The second kappa shape index (κ2) is 6.35. The lowest BCUT2D eigenvalue weighted by atomic mass is 9.79. The molecule has 0 spiro atoms. The molecule has 1 fully saturated rings. The molecule has 1 aliphatic rings. The van der Waals surface area contributed by atoms with Gasteiger partial charge in [0, 0.05) is 19.8 Å². The van der Waals surface area contributed by atoms with Gasteiger partial charge in [0.2, 0.25) is 0 Å². The zero-order chi connectivity index (χ0) is 13.0. The summed E-state index contributed by atoms with van der Waals surface area (Å²) in [4.78, 5) is 0. The van der Waals surface area contributed by atoms with E-state index < -0.39 is 0 Å². The summed E-state index contributed by atoms with van der Waals surface area (Å²) in [6.07, 6.45) is 2.39. The summed E-state index contributed by atoms with van der Waals surface area (Å²) in [5.74, 6) is 1.38. The van der Waals surface area contributed by atoms with E-state index >= 15 is 0 Å². The van der Waals surface area contributed by atoms with Crippen LogP contribution in [0.15, 0.2) is 18.2 Å². The molecule has 1 saturated heterocycles. The lowest BCUT2D eigenvalue weighted by Gasteiger charge is -2.31. The molecule has 1 heterocycles. The van der Waals surface area contributed by atoms with Gasteiger partial charge in [-0.3, -0.25) is 0 Å². The van der Waals surface area contributed by atoms with Gasteiger partial charge in [0.1, 0.15) is 0 Å². The molecular formula is C16H25NO. The number of ether oxygens (including phenoxy) is 1. The first kappa shape index (κ1) is 13.6. The number of nitrogens with one attached hydrogen (secondary N) is 1. The van der Waals surface area contributed by atoms with Crippen molar-refractivity contribution < 1.29 is 4.74 Å². The van der Waals surface area contributed by atoms with Crippen LogP contribution in [0, 0.1) is 19.8 Å². The van der Waals surface area contributed by atoms with Gasteiger partial charge < -0.3 is 10.1 Å². The highest BCUT2D eigenvalue weighted by Gasteiger charge is 2.25. The van der Waals surface area contributed by atoms with Crippen molar-refractivity contribution in [3.63, 3.8) is 0 Å². The molecule has 1 aromatic rings. The van der Waals surface area contributed by atoms with Crippen LogP contribution in [0.25, 0.3) is 0 Å². The summed E-state index contributed by atoms with van der Waals surface area (Å²) in [5, 5.41) is 3.36. The quantitative estimate of drug-likeness (QED) is 0.883. The van der Waals surface area contributed by atoms with Crippen molar-refractivity contribution in [1.29, 1.82) is 0 Å². The first-order valence-corrected chi connectivity index (χ1v) is 7.02. The van der Waals surface area contributed by atoms with Gasteiger partial charge in [-0.25, -0.2) is 0 Å². The fourth-order valence-corrected chi connectivity index (χ4v) is 3.11. The maximum absolute atomic E-state index is 5.49. The Morgan fingerprint density at radius 3 is 2.61 bits per heavy atom. The van der Waals surface area contributed by atoms with E-state index in [1.165, 1.54) is 29.5 Å². The molecule has 100 valence electrons. The summed E-state index contributed by atoms with van der Waals surface area (Å²) in [6.45, 7) is 7.32. The number of hydrogen-bond acceptors (Lipinski definition) is 2. The highest BCUT2D eigenvalue weighted by Crippen LogP contribution is 2.33. The maximum Gasteiger partial charge on any atom is 0.0468 e. The highest BCUT2D eigenvalue weighted by molar-refractivity contribution is 5.34. The van der Waals surface area contributed by atoms with E-state index in [2.05, 4.69) is 44.4 Å². The summed E-state index contributed by atoms with van der Waals surface area (Å²) in [7, 11) is 2.05. The van der Waals surface area contributed by atoms with Crippen molar-refractivity contribution in [1.82, 2.24) is 5.32 Å². The number of aryl methyl sites for hydroxylation is 2. The SMILES string of the molecule is CNCC(c1ccc(C)cc1C)C1CCOCC1. The molecule has 0 aliphatic carbocycles. The van der Waals surface area contributed by atoms with E-state index in [4.69, 9.17) is 4.74 Å². The Morgan fingerprint density at radius 1 is 1.28 bits per heavy atom. The standard InChI is InChI=1S/C16H25NO/c1-12-4-5-15(13(2)10-12)16(11-17-3)14-6-8-18-9-7-14/h4-5,10,14,16-17H,6-9,11H2,1-3H3. The van der Waals surface area contributed by atoms with Crippen molar-refractivity contribution in [2.75, 3.05) is 26.8 Å². The summed E-state index contributed by atoms with van der Waals surface area (Å²) in [5.41, 5.74) is 4.30. The lowest BCUT2D eigenvalue weighted by molar-refractivity contribution is 0.0578. The van der Waals surface area contributed by atoms with Crippen LogP contribution in [-0.2, 0) is 4.74 Å². The van der Waals surface area contributed by atoms with Gasteiger partial charge in [-0.2, -0.15) is 0 Å². The van der Waals surface area contributed by atoms with E-state index in [0.29, 0.717) is 5.92 Å². The lowest BCUT2D eigenvalue weighted by Crippen LogP contribution is -2.29. The average Bonchev–Trinajstić information content (AvgIpc) is 2.38. The molecule has 2 nitrogen and oxygen atoms in total. The summed E-state index contributed by atoms with van der Waals surface area (Å²) >= 11 is 0. The zero-order valence-corrected chi connectivity index (χ0v) is 11.8. The Morgan fingerprint density at radius 2 is 2.00 bits per heavy atom. The molecule has 2 heteroatoms. The molecule has 1 aliphatic heterocycles. The third kappa shape index (κ3) is 3.12. The molecule has 1 unspecified atom stereocenters. The Labute approximate surface area is 111 Å². The average molecular weight is 247 g/mol. The van der Waals surface area contributed by atoms with Crippen molar-refractivity contribution in [3.8, 4) is 0 Å². The van der Waals surface area contributed by atoms with E-state index in [0.717, 1.165) is 25.7 Å². The van der Waals surface area contributed by atoms with Crippen LogP contribution in [0.5, 0.6) is 0 Å². The van der Waals surface area contributed by atoms with E-state index in [1.54, 1.807) is 0 Å². The first-order chi connectivity index (χ1) is 8.72. The third-order valence-corrected chi connectivity index (χ3v) is 4.08. The van der Waals surface area contributed by atoms with Crippen LogP contribution in [0.2, 0.25) is 0 Å². The van der Waals surface area contributed by atoms with Crippen LogP contribution < -0.4 is 5.32 Å². The molecule has 0 aromatic heterocycles. The van der Waals surface area contributed by atoms with Crippen LogP contribution in [-0.4, -0.2) is 26.8 Å². The van der Waals surface area contributed by atoms with E-state index in [-0.39, 0.29) is 0 Å². The van der Waals surface area contributed by atoms with Crippen molar-refractivity contribution >= 4 is 0 Å². The molecule has 0 bridgehead atoms. The summed E-state index contributed by atoms with van der Waals surface area (Å²) in [6, 6.07) is 6.86. The first-order valence-electron chi connectivity index (χ1n) is 7.02. The monoisotopic (exact) mass is 247 g/mol. The van der Waals surface area contributed by atoms with E-state index in [1.807, 2.05) is 0 Å². The van der Waals surface area contributed by atoms with Gasteiger partial charge in [0.15, 0.2) is 0 Å². The van der Waals surface area contributed by atoms with Crippen LogP contribution in [0.4, 0.5) is 0 Å². The molecule has 1 atom stereocenters. The number of hydrogen-bond donors (Lipinski definition) is 1. The highest BCUT2D eigenvalue weighted by atomic mass is 16.5. The molecule has 0 saturated carbocycles. The Bertz CT molecular complexity index is 383. The van der Waals surface area contributed by atoms with Gasteiger partial charge in [-0.15, -0.1) is 0 Å². The minimum Gasteiger partial charge on any atom is -0.381 e. The Kier molecular flexibility index (Phi) is 4.79. The van der Waals surface area contributed by atoms with E-state index in [9.17, 15) is 0 Å². The van der Waals surface area contributed by atoms with Gasteiger partial charge in [-0.05, 0) is 56.7 Å². The Hall–Kier alpha value is -0.860. The zero-order valence-electron chi connectivity index (χ0n) is 11.8. The third-order valence-electron chi connectivity index (χ3n) is 4.08. The van der Waals surface area contributed by atoms with Crippen molar-refractivity contribution in [2.45, 2.75) is 32.6 Å². The molecule has 18 heavy (non-hydrogen) atoms. The minimum absolute atomic E-state index is 0.625. The van der Waals surface area contributed by atoms with Crippen LogP contribution in [0.1, 0.15) is 35.4 Å². The van der Waals surface area contributed by atoms with Gasteiger partial charge in [0.05, 0.1) is 0 Å². The molecule has 1 N–H and O–H groups in total. The predicted molar refractivity (Wildman–Crippen MR) is 76.1 cm³/mol. The van der Waals surface area contributed by atoms with Crippen LogP contribution >= 0.6 is 0 Å². The molecule has 0 amide bonds. The second-order valence-corrected chi connectivity index (χ2v) is 5.47. The van der Waals surface area contributed by atoms with Gasteiger partial charge in [0.25, 0.3) is 0 Å². The Balaban J connectivity index is 2.22. The largest absolute Gasteiger partial charge is 0.381 e. The number of likely N-dealkylation sites (N-methyl/N-ethyl adjacent to an activating group) is 1. The molecular weight excluding hydrogens is 222 g/mol. The number of rotatable bonds is 4. The van der Waals surface area contributed by atoms with Gasteiger partial charge in [-0.1, -0.05) is 23.8 Å². The summed E-state index contributed by atoms with van der Waals surface area (Å²) < 4.78 is 5.49. The molecule has 0 radical (unpaired) electrons. The minimum atomic E-state index is 0.625. The molecule has 2 rings (SSSR count). The smallest absolute Gasteiger partial charge is 0.0468 e. The fraction of sp³-hybridized carbons (Fsp3) is 0.625. The number of benzene rings is 1. The topological polar surface area (TPSA) is 21.3 Å². The maximum atomic E-state index is 5.49. The normalized spacial score (nSPS) is 18.8. The predicted octanol–water partition coefficient (Wildman–Crippen LogP) is 3.03. The van der Waals surface area contributed by atoms with Crippen molar-refractivity contribution in [3.05, 3.63) is 34.9 Å².